The Morgan fingerprint density at radius 2 is 1.94 bits per heavy atom. The summed E-state index contributed by atoms with van der Waals surface area (Å²) in [5.41, 5.74) is 3.62. The van der Waals surface area contributed by atoms with Gasteiger partial charge in [-0.2, -0.15) is 5.10 Å². The predicted octanol–water partition coefficient (Wildman–Crippen LogP) is 5.77. The van der Waals surface area contributed by atoms with Crippen LogP contribution in [0.4, 0.5) is 10.1 Å². The van der Waals surface area contributed by atoms with E-state index in [0.717, 1.165) is 9.86 Å². The number of rotatable bonds is 7. The molecule has 2 N–H and O–H groups in total. The van der Waals surface area contributed by atoms with E-state index < -0.39 is 17.6 Å². The van der Waals surface area contributed by atoms with Crippen LogP contribution in [0, 0.1) is 5.82 Å². The third-order valence-electron chi connectivity index (χ3n) is 4.54. The van der Waals surface area contributed by atoms with Gasteiger partial charge in [0.25, 0.3) is 5.91 Å². The Balaban J connectivity index is 1.32. The van der Waals surface area contributed by atoms with Crippen LogP contribution in [0.1, 0.15) is 16.1 Å². The van der Waals surface area contributed by atoms with Gasteiger partial charge in [-0.15, -0.1) is 0 Å². The number of carbonyl (C=O) groups is 2. The number of ether oxygens (including phenoxy) is 1. The van der Waals surface area contributed by atoms with E-state index in [9.17, 15) is 14.0 Å². The number of anilines is 1. The summed E-state index contributed by atoms with van der Waals surface area (Å²) in [6, 6.07) is 17.6. The highest BCUT2D eigenvalue weighted by Crippen LogP contribution is 2.25. The monoisotopic (exact) mass is 543 g/mol. The number of carbonyl (C=O) groups excluding carboxylic acids is 2. The molecule has 0 spiro atoms. The molecule has 34 heavy (non-hydrogen) atoms. The number of furan rings is 1. The molecule has 1 aromatic heterocycles. The number of halogens is 3. The normalized spacial score (nSPS) is 11.0. The van der Waals surface area contributed by atoms with Crippen molar-refractivity contribution in [2.24, 2.45) is 5.10 Å². The van der Waals surface area contributed by atoms with E-state index in [1.807, 2.05) is 12.1 Å². The molecule has 0 saturated heterocycles. The van der Waals surface area contributed by atoms with Gasteiger partial charge in [-0.25, -0.2) is 9.82 Å². The largest absolute Gasteiger partial charge is 0.482 e. The van der Waals surface area contributed by atoms with E-state index >= 15 is 0 Å². The van der Waals surface area contributed by atoms with Crippen molar-refractivity contribution in [3.63, 3.8) is 0 Å². The zero-order valence-corrected chi connectivity index (χ0v) is 19.7. The molecule has 0 fully saturated rings. The molecule has 4 rings (SSSR count). The minimum atomic E-state index is -0.544. The third-order valence-corrected chi connectivity index (χ3v) is 5.33. The zero-order chi connectivity index (χ0) is 24.1. The summed E-state index contributed by atoms with van der Waals surface area (Å²) in [6.07, 6.45) is 1.40. The molecular weight excluding hydrogens is 529 g/mol. The standard InChI is InChI=1S/C24H16BrClFN3O4/c25-16-6-8-20-15(10-16)11-22(34-20)24(32)30-28-12-14-5-7-21(17(26)9-14)33-13-23(31)29-19-4-2-1-3-18(19)27/h1-12H,13H2,(H,29,31)(H,30,32)/b28-12+. The first-order chi connectivity index (χ1) is 16.4. The predicted molar refractivity (Wildman–Crippen MR) is 131 cm³/mol. The molecule has 172 valence electrons. The summed E-state index contributed by atoms with van der Waals surface area (Å²) >= 11 is 9.58. The van der Waals surface area contributed by atoms with Gasteiger partial charge in [-0.1, -0.05) is 39.7 Å². The van der Waals surface area contributed by atoms with E-state index in [1.165, 1.54) is 24.4 Å². The van der Waals surface area contributed by atoms with Gasteiger partial charge in [0, 0.05) is 9.86 Å². The second-order valence-corrected chi connectivity index (χ2v) is 8.32. The summed E-state index contributed by atoms with van der Waals surface area (Å²) < 4.78 is 25.4. The highest BCUT2D eigenvalue weighted by Gasteiger charge is 2.12. The average Bonchev–Trinajstić information content (AvgIpc) is 3.23. The van der Waals surface area contributed by atoms with Crippen LogP contribution in [-0.4, -0.2) is 24.6 Å². The van der Waals surface area contributed by atoms with Crippen molar-refractivity contribution in [1.82, 2.24) is 5.43 Å². The van der Waals surface area contributed by atoms with Crippen LogP contribution >= 0.6 is 27.5 Å². The van der Waals surface area contributed by atoms with Crippen molar-refractivity contribution in [3.8, 4) is 5.75 Å². The fourth-order valence-electron chi connectivity index (χ4n) is 2.95. The first kappa shape index (κ1) is 23.5. The third kappa shape index (κ3) is 5.81. The van der Waals surface area contributed by atoms with Gasteiger partial charge < -0.3 is 14.5 Å². The molecular formula is C24H16BrClFN3O4. The maximum atomic E-state index is 13.6. The fraction of sp³-hybridized carbons (Fsp3) is 0.0417. The fourth-order valence-corrected chi connectivity index (χ4v) is 3.58. The van der Waals surface area contributed by atoms with Crippen LogP contribution in [0.15, 0.2) is 80.7 Å². The quantitative estimate of drug-likeness (QED) is 0.228. The second kappa shape index (κ2) is 10.5. The van der Waals surface area contributed by atoms with Crippen LogP contribution < -0.4 is 15.5 Å². The number of hydrazone groups is 1. The van der Waals surface area contributed by atoms with Crippen molar-refractivity contribution >= 4 is 62.2 Å². The van der Waals surface area contributed by atoms with Gasteiger partial charge in [-0.05, 0) is 60.2 Å². The van der Waals surface area contributed by atoms with E-state index in [0.29, 0.717) is 11.1 Å². The average molecular weight is 545 g/mol. The SMILES string of the molecule is O=C(COc1ccc(/C=N/NC(=O)c2cc3cc(Br)ccc3o2)cc1Cl)Nc1ccccc1F. The lowest BCUT2D eigenvalue weighted by Gasteiger charge is -2.09. The van der Waals surface area contributed by atoms with Gasteiger partial charge >= 0.3 is 5.91 Å². The van der Waals surface area contributed by atoms with Crippen LogP contribution in [0.5, 0.6) is 5.75 Å². The number of fused-ring (bicyclic) bond motifs is 1. The van der Waals surface area contributed by atoms with E-state index in [4.69, 9.17) is 20.8 Å². The van der Waals surface area contributed by atoms with Gasteiger partial charge in [0.15, 0.2) is 12.4 Å². The highest BCUT2D eigenvalue weighted by molar-refractivity contribution is 9.10. The molecule has 2 amide bonds. The first-order valence-corrected chi connectivity index (χ1v) is 11.1. The summed E-state index contributed by atoms with van der Waals surface area (Å²) in [4.78, 5) is 24.3. The molecule has 1 heterocycles. The summed E-state index contributed by atoms with van der Waals surface area (Å²) in [6.45, 7) is -0.356. The van der Waals surface area contributed by atoms with Gasteiger partial charge in [-0.3, -0.25) is 9.59 Å². The van der Waals surface area contributed by atoms with Crippen molar-refractivity contribution in [2.75, 3.05) is 11.9 Å². The molecule has 0 aliphatic carbocycles. The van der Waals surface area contributed by atoms with E-state index in [1.54, 1.807) is 36.4 Å². The number of nitrogens with one attached hydrogen (secondary N) is 2. The molecule has 0 aliphatic heterocycles. The summed E-state index contributed by atoms with van der Waals surface area (Å²) in [5, 5.41) is 7.35. The minimum Gasteiger partial charge on any atom is -0.482 e. The van der Waals surface area contributed by atoms with Gasteiger partial charge in [0.1, 0.15) is 17.1 Å². The number of benzene rings is 3. The molecule has 7 nitrogen and oxygen atoms in total. The van der Waals surface area contributed by atoms with Gasteiger partial charge in [0.05, 0.1) is 16.9 Å². The lowest BCUT2D eigenvalue weighted by atomic mass is 10.2. The number of hydrogen-bond donors (Lipinski definition) is 2. The Labute approximate surface area is 206 Å². The van der Waals surface area contributed by atoms with Crippen LogP contribution in [-0.2, 0) is 4.79 Å². The Kier molecular flexibility index (Phi) is 7.24. The highest BCUT2D eigenvalue weighted by atomic mass is 79.9. The minimum absolute atomic E-state index is 0.0614. The molecule has 0 aliphatic rings. The molecule has 0 saturated carbocycles. The van der Waals surface area contributed by atoms with E-state index in [-0.39, 0.29) is 28.8 Å². The first-order valence-electron chi connectivity index (χ1n) is 9.88. The van der Waals surface area contributed by atoms with Crippen LogP contribution in [0.25, 0.3) is 11.0 Å². The maximum Gasteiger partial charge on any atom is 0.307 e. The zero-order valence-electron chi connectivity index (χ0n) is 17.3. The van der Waals surface area contributed by atoms with Crippen molar-refractivity contribution in [3.05, 3.63) is 93.4 Å². The molecule has 0 radical (unpaired) electrons. The maximum absolute atomic E-state index is 13.6. The lowest BCUT2D eigenvalue weighted by molar-refractivity contribution is -0.118. The topological polar surface area (TPSA) is 92.9 Å². The molecule has 10 heteroatoms. The van der Waals surface area contributed by atoms with Crippen LogP contribution in [0.2, 0.25) is 5.02 Å². The Hall–Kier alpha value is -3.69. The molecule has 4 aromatic rings. The van der Waals surface area contributed by atoms with E-state index in [2.05, 4.69) is 31.8 Å². The summed E-state index contributed by atoms with van der Waals surface area (Å²) in [7, 11) is 0. The number of para-hydroxylation sites is 1. The Bertz CT molecular complexity index is 1410. The second-order valence-electron chi connectivity index (χ2n) is 7.00. The Morgan fingerprint density at radius 1 is 1.12 bits per heavy atom. The van der Waals surface area contributed by atoms with Crippen molar-refractivity contribution in [1.29, 1.82) is 0 Å². The molecule has 0 unspecified atom stereocenters. The van der Waals surface area contributed by atoms with Crippen molar-refractivity contribution < 1.29 is 23.1 Å². The van der Waals surface area contributed by atoms with Gasteiger partial charge in [0.2, 0.25) is 0 Å². The number of hydrogen-bond acceptors (Lipinski definition) is 5. The summed E-state index contributed by atoms with van der Waals surface area (Å²) in [5.74, 6) is -1.19. The number of nitrogens with zero attached hydrogens (tertiary/aromatic N) is 1. The van der Waals surface area contributed by atoms with Crippen LogP contribution in [0.3, 0.4) is 0 Å². The molecule has 0 atom stereocenters. The van der Waals surface area contributed by atoms with Crippen molar-refractivity contribution in [2.45, 2.75) is 0 Å². The number of amides is 2. The molecule has 0 bridgehead atoms. The lowest BCUT2D eigenvalue weighted by Crippen LogP contribution is -2.20. The Morgan fingerprint density at radius 3 is 2.74 bits per heavy atom. The smallest absolute Gasteiger partial charge is 0.307 e. The molecule has 3 aromatic carbocycles.